The van der Waals surface area contributed by atoms with Gasteiger partial charge >= 0.3 is 0 Å². The van der Waals surface area contributed by atoms with Crippen molar-refractivity contribution in [2.45, 2.75) is 18.4 Å². The fraction of sp³-hybridized carbons (Fsp3) is 0.286. The van der Waals surface area contributed by atoms with E-state index in [0.29, 0.717) is 23.4 Å². The van der Waals surface area contributed by atoms with Crippen LogP contribution in [0.1, 0.15) is 11.4 Å². The highest BCUT2D eigenvalue weighted by atomic mass is 32.2. The first-order valence-electron chi connectivity index (χ1n) is 6.65. The average molecular weight is 342 g/mol. The lowest BCUT2D eigenvalue weighted by molar-refractivity contribution is 0.560. The minimum absolute atomic E-state index is 0.120. The van der Waals surface area contributed by atoms with Gasteiger partial charge in [0.2, 0.25) is 16.0 Å². The average Bonchev–Trinajstić information content (AvgIpc) is 2.43. The second-order valence-electron chi connectivity index (χ2n) is 5.12. The summed E-state index contributed by atoms with van der Waals surface area (Å²) >= 11 is 0. The molecule has 0 aliphatic carbocycles. The lowest BCUT2D eigenvalue weighted by Crippen LogP contribution is -2.25. The normalized spacial score (nSPS) is 11.5. The molecule has 0 aliphatic heterocycles. The third-order valence-electron chi connectivity index (χ3n) is 2.89. The molecule has 2 aromatic rings. The van der Waals surface area contributed by atoms with Gasteiger partial charge < -0.3 is 4.90 Å². The number of halogens is 2. The van der Waals surface area contributed by atoms with Gasteiger partial charge in [-0.05, 0) is 25.1 Å². The van der Waals surface area contributed by atoms with Gasteiger partial charge in [-0.3, -0.25) is 0 Å². The number of aromatic nitrogens is 2. The number of hydrogen-bond acceptors (Lipinski definition) is 5. The maximum atomic E-state index is 13.2. The fourth-order valence-electron chi connectivity index (χ4n) is 1.84. The molecule has 1 aromatic heterocycles. The summed E-state index contributed by atoms with van der Waals surface area (Å²) in [5.74, 6) is -1.48. The Bertz CT molecular complexity index is 805. The molecule has 0 bridgehead atoms. The van der Waals surface area contributed by atoms with Gasteiger partial charge in [-0.25, -0.2) is 31.9 Å². The number of hydrogen-bond donors (Lipinski definition) is 1. The molecule has 1 heterocycles. The van der Waals surface area contributed by atoms with E-state index in [-0.39, 0.29) is 6.54 Å². The van der Waals surface area contributed by atoms with E-state index < -0.39 is 26.6 Å². The molecule has 0 spiro atoms. The van der Waals surface area contributed by atoms with Gasteiger partial charge in [0, 0.05) is 25.9 Å². The molecule has 0 atom stereocenters. The largest absolute Gasteiger partial charge is 0.347 e. The molecule has 0 amide bonds. The fourth-order valence-corrected chi connectivity index (χ4v) is 2.88. The third-order valence-corrected chi connectivity index (χ3v) is 4.27. The molecule has 0 aliphatic rings. The smallest absolute Gasteiger partial charge is 0.241 e. The van der Waals surface area contributed by atoms with Crippen LogP contribution in [-0.4, -0.2) is 32.5 Å². The Hall–Kier alpha value is -2.13. The summed E-state index contributed by atoms with van der Waals surface area (Å²) in [6, 6.07) is 3.74. The van der Waals surface area contributed by atoms with E-state index in [2.05, 4.69) is 14.7 Å². The summed E-state index contributed by atoms with van der Waals surface area (Å²) in [7, 11) is -0.529. The van der Waals surface area contributed by atoms with Crippen LogP contribution in [0.25, 0.3) is 0 Å². The summed E-state index contributed by atoms with van der Waals surface area (Å²) in [6.45, 7) is 1.64. The number of nitrogens with zero attached hydrogens (tertiary/aromatic N) is 3. The lowest BCUT2D eigenvalue weighted by atomic mass is 10.3. The van der Waals surface area contributed by atoms with Crippen molar-refractivity contribution in [3.63, 3.8) is 0 Å². The van der Waals surface area contributed by atoms with Crippen LogP contribution in [0.3, 0.4) is 0 Å². The molecule has 0 radical (unpaired) electrons. The molecule has 6 nitrogen and oxygen atoms in total. The van der Waals surface area contributed by atoms with Crippen LogP contribution in [0.2, 0.25) is 0 Å². The molecule has 23 heavy (non-hydrogen) atoms. The quantitative estimate of drug-likeness (QED) is 0.893. The van der Waals surface area contributed by atoms with Crippen LogP contribution >= 0.6 is 0 Å². The molecule has 0 saturated carbocycles. The minimum atomic E-state index is -4.05. The van der Waals surface area contributed by atoms with E-state index >= 15 is 0 Å². The van der Waals surface area contributed by atoms with Gasteiger partial charge in [-0.2, -0.15) is 0 Å². The van der Waals surface area contributed by atoms with E-state index in [9.17, 15) is 17.2 Å². The van der Waals surface area contributed by atoms with Crippen LogP contribution in [-0.2, 0) is 16.6 Å². The number of rotatable bonds is 5. The molecule has 2 rings (SSSR count). The lowest BCUT2D eigenvalue weighted by Gasteiger charge is -2.13. The van der Waals surface area contributed by atoms with Gasteiger partial charge in [0.25, 0.3) is 0 Å². The zero-order chi connectivity index (χ0) is 17.2. The van der Waals surface area contributed by atoms with E-state index in [4.69, 9.17) is 0 Å². The molecular formula is C14H16F2N4O2S. The van der Waals surface area contributed by atoms with Crippen molar-refractivity contribution in [2.75, 3.05) is 19.0 Å². The first kappa shape index (κ1) is 17.2. The predicted octanol–water partition coefficient (Wildman–Crippen LogP) is 1.61. The topological polar surface area (TPSA) is 75.2 Å². The summed E-state index contributed by atoms with van der Waals surface area (Å²) < 4.78 is 52.8. The van der Waals surface area contributed by atoms with Crippen LogP contribution in [0, 0.1) is 18.6 Å². The van der Waals surface area contributed by atoms with Gasteiger partial charge in [0.15, 0.2) is 0 Å². The highest BCUT2D eigenvalue weighted by Crippen LogP contribution is 2.14. The van der Waals surface area contributed by atoms with Crippen molar-refractivity contribution in [1.82, 2.24) is 14.7 Å². The molecule has 1 N–H and O–H groups in total. The Balaban J connectivity index is 2.22. The number of nitrogens with one attached hydrogen (secondary N) is 1. The molecule has 124 valence electrons. The number of sulfonamides is 1. The maximum absolute atomic E-state index is 13.2. The van der Waals surface area contributed by atoms with Crippen molar-refractivity contribution < 1.29 is 17.2 Å². The molecule has 0 fully saturated rings. The number of benzene rings is 1. The second kappa shape index (κ2) is 6.55. The second-order valence-corrected chi connectivity index (χ2v) is 6.89. The zero-order valence-corrected chi connectivity index (χ0v) is 13.7. The van der Waals surface area contributed by atoms with Crippen molar-refractivity contribution in [2.24, 2.45) is 0 Å². The third kappa shape index (κ3) is 4.42. The van der Waals surface area contributed by atoms with Gasteiger partial charge in [0.1, 0.15) is 11.6 Å². The van der Waals surface area contributed by atoms with Crippen LogP contribution in [0.15, 0.2) is 29.2 Å². The number of anilines is 1. The van der Waals surface area contributed by atoms with Crippen molar-refractivity contribution >= 4 is 16.0 Å². The van der Waals surface area contributed by atoms with E-state index in [0.717, 1.165) is 12.1 Å². The highest BCUT2D eigenvalue weighted by molar-refractivity contribution is 7.89. The van der Waals surface area contributed by atoms with Crippen molar-refractivity contribution in [3.05, 3.63) is 47.3 Å². The van der Waals surface area contributed by atoms with E-state index in [1.54, 1.807) is 32.0 Å². The molecule has 9 heteroatoms. The highest BCUT2D eigenvalue weighted by Gasteiger charge is 2.17. The van der Waals surface area contributed by atoms with Crippen LogP contribution < -0.4 is 9.62 Å². The standard InChI is InChI=1S/C14H16F2N4O2S/c1-9-4-12(19-14(18-9)20(2)3)8-17-23(21,22)13-6-10(15)5-11(16)7-13/h4-7,17H,8H2,1-3H3. The minimum Gasteiger partial charge on any atom is -0.347 e. The Morgan fingerprint density at radius 3 is 2.26 bits per heavy atom. The molecule has 0 saturated heterocycles. The first-order chi connectivity index (χ1) is 10.7. The predicted molar refractivity (Wildman–Crippen MR) is 81.5 cm³/mol. The Morgan fingerprint density at radius 2 is 1.70 bits per heavy atom. The zero-order valence-electron chi connectivity index (χ0n) is 12.8. The van der Waals surface area contributed by atoms with Crippen molar-refractivity contribution in [3.8, 4) is 0 Å². The van der Waals surface area contributed by atoms with E-state index in [1.807, 2.05) is 0 Å². The summed E-state index contributed by atoms with van der Waals surface area (Å²) in [6.07, 6.45) is 0. The van der Waals surface area contributed by atoms with Crippen LogP contribution in [0.5, 0.6) is 0 Å². The first-order valence-corrected chi connectivity index (χ1v) is 8.13. The van der Waals surface area contributed by atoms with Gasteiger partial charge in [-0.15, -0.1) is 0 Å². The molecule has 0 unspecified atom stereocenters. The van der Waals surface area contributed by atoms with Crippen molar-refractivity contribution in [1.29, 1.82) is 0 Å². The molecule has 1 aromatic carbocycles. The molecular weight excluding hydrogens is 326 g/mol. The van der Waals surface area contributed by atoms with E-state index in [1.165, 1.54) is 0 Å². The summed E-state index contributed by atoms with van der Waals surface area (Å²) in [4.78, 5) is 9.61. The SMILES string of the molecule is Cc1cc(CNS(=O)(=O)c2cc(F)cc(F)c2)nc(N(C)C)n1. The Morgan fingerprint density at radius 1 is 1.09 bits per heavy atom. The van der Waals surface area contributed by atoms with Crippen LogP contribution in [0.4, 0.5) is 14.7 Å². The van der Waals surface area contributed by atoms with Gasteiger partial charge in [0.05, 0.1) is 17.1 Å². The summed E-state index contributed by atoms with van der Waals surface area (Å²) in [5.41, 5.74) is 1.12. The maximum Gasteiger partial charge on any atom is 0.241 e. The Labute approximate surface area is 133 Å². The Kier molecular flexibility index (Phi) is 4.90. The van der Waals surface area contributed by atoms with Gasteiger partial charge in [-0.1, -0.05) is 0 Å². The monoisotopic (exact) mass is 342 g/mol. The summed E-state index contributed by atoms with van der Waals surface area (Å²) in [5, 5.41) is 0. The number of aryl methyl sites for hydroxylation is 1.